The minimum Gasteiger partial charge on any atom is -0.507 e. The molecule has 0 fully saturated rings. The third-order valence-electron chi connectivity index (χ3n) is 11.9. The van der Waals surface area contributed by atoms with Gasteiger partial charge in [0.05, 0.1) is 11.3 Å². The van der Waals surface area contributed by atoms with Gasteiger partial charge < -0.3 is 9.52 Å². The number of phenols is 1. The Morgan fingerprint density at radius 1 is 0.517 bits per heavy atom. The molecule has 4 nitrogen and oxygen atoms in total. The first kappa shape index (κ1) is 39.0. The van der Waals surface area contributed by atoms with Crippen molar-refractivity contribution in [3.8, 4) is 39.5 Å². The van der Waals surface area contributed by atoms with Crippen LogP contribution >= 0.6 is 0 Å². The van der Waals surface area contributed by atoms with Crippen molar-refractivity contribution in [1.29, 1.82) is 0 Å². The highest BCUT2D eigenvalue weighted by Crippen LogP contribution is 2.43. The Labute approximate surface area is 353 Å². The summed E-state index contributed by atoms with van der Waals surface area (Å²) >= 11 is 0. The Morgan fingerprint density at radius 2 is 1.10 bits per heavy atom. The third kappa shape index (κ3) is 7.04. The van der Waals surface area contributed by atoms with Gasteiger partial charge in [0.1, 0.15) is 11.3 Å². The molecule has 0 aliphatic carbocycles. The minimum atomic E-state index is -0.258. The number of hydrogen-bond donors (Lipinski definition) is 1. The fourth-order valence-corrected chi connectivity index (χ4v) is 8.38. The number of phenolic OH excluding ortho intramolecular Hbond substituents is 1. The summed E-state index contributed by atoms with van der Waals surface area (Å²) in [6.07, 6.45) is 1.80. The number of aromatic hydroxyl groups is 1. The highest BCUT2D eigenvalue weighted by Gasteiger charge is 2.26. The molecule has 0 spiro atoms. The summed E-state index contributed by atoms with van der Waals surface area (Å²) in [5, 5.41) is 18.7. The molecular weight excluding hydrogens is 733 g/mol. The number of hydrogen-bond acceptors (Lipinski definition) is 4. The van der Waals surface area contributed by atoms with Crippen LogP contribution < -0.4 is 0 Å². The van der Waals surface area contributed by atoms with Crippen molar-refractivity contribution in [3.05, 3.63) is 162 Å². The highest BCUT2D eigenvalue weighted by atomic mass is 16.3. The second kappa shape index (κ2) is 14.3. The summed E-state index contributed by atoms with van der Waals surface area (Å²) in [6, 6.07) is 49.5. The van der Waals surface area contributed by atoms with E-state index in [0.717, 1.165) is 66.5 Å². The zero-order valence-electron chi connectivity index (χ0n) is 36.1. The van der Waals surface area contributed by atoms with Crippen molar-refractivity contribution in [2.45, 2.75) is 78.6 Å². The van der Waals surface area contributed by atoms with E-state index in [2.05, 4.69) is 190 Å². The molecule has 8 aromatic carbocycles. The Morgan fingerprint density at radius 3 is 1.77 bits per heavy atom. The first-order valence-electron chi connectivity index (χ1n) is 21.0. The van der Waals surface area contributed by atoms with E-state index in [1.165, 1.54) is 27.1 Å². The van der Waals surface area contributed by atoms with E-state index in [-0.39, 0.29) is 22.0 Å². The molecule has 0 saturated carbocycles. The Balaban J connectivity index is 1.19. The van der Waals surface area contributed by atoms with Crippen LogP contribution in [0.5, 0.6) is 5.75 Å². The lowest BCUT2D eigenvalue weighted by molar-refractivity contribution is 0.444. The maximum atomic E-state index is 11.7. The van der Waals surface area contributed by atoms with E-state index in [0.29, 0.717) is 11.5 Å². The number of benzene rings is 8. The van der Waals surface area contributed by atoms with Gasteiger partial charge in [-0.25, -0.2) is 4.98 Å². The molecule has 0 amide bonds. The van der Waals surface area contributed by atoms with Crippen LogP contribution in [0.1, 0.15) is 84.6 Å². The molecule has 0 bridgehead atoms. The van der Waals surface area contributed by atoms with Crippen LogP contribution in [0.2, 0.25) is 0 Å². The lowest BCUT2D eigenvalue weighted by atomic mass is 9.79. The smallest absolute Gasteiger partial charge is 0.229 e. The molecule has 0 aliphatic heterocycles. The molecule has 1 N–H and O–H groups in total. The normalized spacial score (nSPS) is 12.8. The van der Waals surface area contributed by atoms with E-state index in [1.807, 2.05) is 12.1 Å². The average Bonchev–Trinajstić information content (AvgIpc) is 3.66. The molecule has 0 radical (unpaired) electrons. The number of aromatic nitrogens is 1. The van der Waals surface area contributed by atoms with E-state index in [4.69, 9.17) is 14.4 Å². The van der Waals surface area contributed by atoms with Gasteiger partial charge in [0.2, 0.25) is 5.89 Å². The van der Waals surface area contributed by atoms with Gasteiger partial charge >= 0.3 is 0 Å². The molecule has 9 aromatic rings. The number of rotatable bonds is 5. The highest BCUT2D eigenvalue weighted by molar-refractivity contribution is 6.14. The van der Waals surface area contributed by atoms with Gasteiger partial charge in [0, 0.05) is 28.3 Å². The molecule has 9 rings (SSSR count). The summed E-state index contributed by atoms with van der Waals surface area (Å²) in [6.45, 7) is 19.7. The van der Waals surface area contributed by atoms with E-state index in [1.54, 1.807) is 6.21 Å². The van der Waals surface area contributed by atoms with Gasteiger partial charge in [-0.05, 0) is 101 Å². The summed E-state index contributed by atoms with van der Waals surface area (Å²) in [5.74, 6) is 0.750. The number of oxazole rings is 1. The zero-order chi connectivity index (χ0) is 42.1. The number of aliphatic imine (C=N–C) groups is 1. The largest absolute Gasteiger partial charge is 0.507 e. The fourth-order valence-electron chi connectivity index (χ4n) is 8.38. The zero-order valence-corrected chi connectivity index (χ0v) is 36.1. The number of fused-ring (bicyclic) bond motifs is 5. The monoisotopic (exact) mass is 784 g/mol. The predicted octanol–water partition coefficient (Wildman–Crippen LogP) is 15.6. The molecule has 0 unspecified atom stereocenters. The lowest BCUT2D eigenvalue weighted by Crippen LogP contribution is -2.17. The molecule has 0 aliphatic rings. The molecule has 298 valence electrons. The van der Waals surface area contributed by atoms with Crippen molar-refractivity contribution >= 4 is 55.3 Å². The molecule has 1 aromatic heterocycles. The summed E-state index contributed by atoms with van der Waals surface area (Å²) < 4.78 is 6.79. The molecule has 0 saturated heterocycles. The minimum absolute atomic E-state index is 0.117. The first-order valence-corrected chi connectivity index (χ1v) is 21.0. The van der Waals surface area contributed by atoms with Crippen LogP contribution in [0.15, 0.2) is 149 Å². The SMILES string of the molecule is CC(C)(C)c1cc(C=Nc2c(-c3nc4c(-c5ccc(-c6cc7ccccc7c7ccccc67)cc5)cc(C(C)(C)C)cc4o3)ccc3ccccc23)c(O)c(C(C)(C)C)c1. The maximum Gasteiger partial charge on any atom is 0.229 e. The molecular formula is C56H52N2O2. The lowest BCUT2D eigenvalue weighted by Gasteiger charge is -2.27. The van der Waals surface area contributed by atoms with Gasteiger partial charge in [-0.15, -0.1) is 0 Å². The molecule has 0 atom stereocenters. The van der Waals surface area contributed by atoms with E-state index < -0.39 is 0 Å². The van der Waals surface area contributed by atoms with Crippen LogP contribution in [0, 0.1) is 0 Å². The van der Waals surface area contributed by atoms with Crippen LogP contribution in [0.3, 0.4) is 0 Å². The second-order valence-corrected chi connectivity index (χ2v) is 19.3. The number of nitrogens with zero attached hydrogens (tertiary/aromatic N) is 2. The summed E-state index contributed by atoms with van der Waals surface area (Å²) in [4.78, 5) is 10.5. The van der Waals surface area contributed by atoms with E-state index >= 15 is 0 Å². The predicted molar refractivity (Wildman–Crippen MR) is 254 cm³/mol. The van der Waals surface area contributed by atoms with Crippen LogP contribution in [-0.2, 0) is 16.2 Å². The molecule has 1 heterocycles. The molecule has 60 heavy (non-hydrogen) atoms. The van der Waals surface area contributed by atoms with Gasteiger partial charge in [-0.1, -0.05) is 172 Å². The summed E-state index contributed by atoms with van der Waals surface area (Å²) in [7, 11) is 0. The van der Waals surface area contributed by atoms with E-state index in [9.17, 15) is 5.11 Å². The van der Waals surface area contributed by atoms with Crippen molar-refractivity contribution in [2.75, 3.05) is 0 Å². The first-order chi connectivity index (χ1) is 28.5. The van der Waals surface area contributed by atoms with Crippen molar-refractivity contribution in [1.82, 2.24) is 4.98 Å². The quantitative estimate of drug-likeness (QED) is 0.140. The van der Waals surface area contributed by atoms with Gasteiger partial charge in [0.15, 0.2) is 5.58 Å². The third-order valence-corrected chi connectivity index (χ3v) is 11.9. The van der Waals surface area contributed by atoms with Crippen LogP contribution in [-0.4, -0.2) is 16.3 Å². The van der Waals surface area contributed by atoms with Crippen molar-refractivity contribution in [3.63, 3.8) is 0 Å². The Hall–Kier alpha value is -6.52. The Kier molecular flexibility index (Phi) is 9.31. The van der Waals surface area contributed by atoms with Crippen LogP contribution in [0.25, 0.3) is 77.1 Å². The summed E-state index contributed by atoms with van der Waals surface area (Å²) in [5.41, 5.74) is 10.9. The fraction of sp³-hybridized carbons (Fsp3) is 0.214. The van der Waals surface area contributed by atoms with Gasteiger partial charge in [0.25, 0.3) is 0 Å². The standard InChI is InChI=1S/C56H52N2O2/c1-54(2,3)39-28-38(52(59)48(31-39)56(7,8)9)33-57-50-42-19-13-10-16-34(42)26-27-45(50)53-58-51-47(30-40(55(4,5)6)32-49(51)60-53)36-24-22-35(23-25-36)46-29-37-17-11-12-18-41(37)43-20-14-15-21-44(43)46/h10-33,59H,1-9H3. The van der Waals surface area contributed by atoms with Gasteiger partial charge in [-0.2, -0.15) is 0 Å². The van der Waals surface area contributed by atoms with Crippen molar-refractivity contribution in [2.24, 2.45) is 4.99 Å². The molecule has 4 heteroatoms. The maximum absolute atomic E-state index is 11.7. The topological polar surface area (TPSA) is 58.6 Å². The van der Waals surface area contributed by atoms with Crippen molar-refractivity contribution < 1.29 is 9.52 Å². The van der Waals surface area contributed by atoms with Crippen LogP contribution in [0.4, 0.5) is 5.69 Å². The second-order valence-electron chi connectivity index (χ2n) is 19.3. The van der Waals surface area contributed by atoms with Gasteiger partial charge in [-0.3, -0.25) is 4.99 Å². The Bertz CT molecular complexity index is 3140. The average molecular weight is 785 g/mol.